The minimum atomic E-state index is -0.662. The van der Waals surface area contributed by atoms with Gasteiger partial charge in [0, 0.05) is 12.1 Å². The van der Waals surface area contributed by atoms with Crippen molar-refractivity contribution in [1.82, 2.24) is 10.2 Å². The molecular formula is C30H42N2O3S. The van der Waals surface area contributed by atoms with Gasteiger partial charge in [-0.3, -0.25) is 4.79 Å². The van der Waals surface area contributed by atoms with Crippen molar-refractivity contribution in [3.8, 4) is 11.1 Å². The van der Waals surface area contributed by atoms with E-state index in [2.05, 4.69) is 42.4 Å². The Labute approximate surface area is 221 Å². The smallest absolute Gasteiger partial charge is 0.328 e. The van der Waals surface area contributed by atoms with Crippen LogP contribution < -0.4 is 5.32 Å². The summed E-state index contributed by atoms with van der Waals surface area (Å²) in [4.78, 5) is 28.1. The van der Waals surface area contributed by atoms with Crippen molar-refractivity contribution in [3.63, 3.8) is 0 Å². The van der Waals surface area contributed by atoms with Crippen molar-refractivity contribution in [2.45, 2.75) is 64.5 Å². The average Bonchev–Trinajstić information content (AvgIpc) is 2.90. The molecule has 1 fully saturated rings. The molecule has 6 heteroatoms. The van der Waals surface area contributed by atoms with Gasteiger partial charge in [-0.1, -0.05) is 62.4 Å². The maximum absolute atomic E-state index is 13.4. The first-order chi connectivity index (χ1) is 17.4. The fourth-order valence-corrected chi connectivity index (χ4v) is 5.59. The second kappa shape index (κ2) is 14.4. The number of esters is 1. The van der Waals surface area contributed by atoms with E-state index < -0.39 is 12.0 Å². The number of nitrogens with one attached hydrogen (secondary N) is 1. The summed E-state index contributed by atoms with van der Waals surface area (Å²) in [6, 6.07) is 13.6. The molecule has 0 unspecified atom stereocenters. The molecule has 3 rings (SSSR count). The summed E-state index contributed by atoms with van der Waals surface area (Å²) in [5.41, 5.74) is 4.81. The Kier molecular flexibility index (Phi) is 11.3. The third-order valence-corrected chi connectivity index (χ3v) is 7.91. The van der Waals surface area contributed by atoms with Gasteiger partial charge >= 0.3 is 5.97 Å². The molecular weight excluding hydrogens is 468 g/mol. The third kappa shape index (κ3) is 8.10. The minimum Gasteiger partial charge on any atom is -0.467 e. The summed E-state index contributed by atoms with van der Waals surface area (Å²) in [5.74, 6) is 0.966. The molecule has 1 N–H and O–H groups in total. The molecule has 0 aliphatic heterocycles. The molecule has 0 saturated heterocycles. The maximum atomic E-state index is 13.4. The molecule has 0 aromatic heterocycles. The first-order valence-electron chi connectivity index (χ1n) is 13.2. The SMILES string of the molecule is COC(=O)[C@H](CCSC)NC(=O)c1ccc(CN(C)CCC2CCCCC2)cc1-c1ccccc1C. The molecule has 0 radical (unpaired) electrons. The van der Waals surface area contributed by atoms with Gasteiger partial charge in [0.25, 0.3) is 5.91 Å². The van der Waals surface area contributed by atoms with E-state index >= 15 is 0 Å². The third-order valence-electron chi connectivity index (χ3n) is 7.26. The van der Waals surface area contributed by atoms with Crippen LogP contribution in [0.4, 0.5) is 0 Å². The second-order valence-corrected chi connectivity index (χ2v) is 11.0. The number of carbonyl (C=O) groups excluding carboxylic acids is 2. The second-order valence-electron chi connectivity index (χ2n) is 10.1. The van der Waals surface area contributed by atoms with Crippen LogP contribution in [0.1, 0.15) is 66.4 Å². The van der Waals surface area contributed by atoms with Crippen molar-refractivity contribution in [2.24, 2.45) is 5.92 Å². The Bertz CT molecular complexity index is 1000. The highest BCUT2D eigenvalue weighted by Crippen LogP contribution is 2.29. The zero-order valence-corrected chi connectivity index (χ0v) is 23.2. The van der Waals surface area contributed by atoms with E-state index in [0.29, 0.717) is 12.0 Å². The number of nitrogens with zero attached hydrogens (tertiary/aromatic N) is 1. The lowest BCUT2D eigenvalue weighted by molar-refractivity contribution is -0.142. The monoisotopic (exact) mass is 510 g/mol. The summed E-state index contributed by atoms with van der Waals surface area (Å²) < 4.78 is 4.94. The van der Waals surface area contributed by atoms with Crippen LogP contribution >= 0.6 is 11.8 Å². The topological polar surface area (TPSA) is 58.6 Å². The number of thioether (sulfide) groups is 1. The summed E-state index contributed by atoms with van der Waals surface area (Å²) in [5, 5.41) is 2.93. The van der Waals surface area contributed by atoms with Gasteiger partial charge in [-0.15, -0.1) is 0 Å². The zero-order valence-electron chi connectivity index (χ0n) is 22.3. The fourth-order valence-electron chi connectivity index (χ4n) is 5.12. The van der Waals surface area contributed by atoms with Crippen LogP contribution in [-0.4, -0.2) is 55.5 Å². The highest BCUT2D eigenvalue weighted by Gasteiger charge is 2.24. The van der Waals surface area contributed by atoms with Crippen LogP contribution in [0.25, 0.3) is 11.1 Å². The molecule has 1 atom stereocenters. The van der Waals surface area contributed by atoms with Gasteiger partial charge in [-0.25, -0.2) is 4.79 Å². The van der Waals surface area contributed by atoms with Crippen molar-refractivity contribution in [2.75, 3.05) is 32.7 Å². The van der Waals surface area contributed by atoms with E-state index in [1.165, 1.54) is 51.2 Å². The largest absolute Gasteiger partial charge is 0.467 e. The molecule has 1 saturated carbocycles. The first kappa shape index (κ1) is 28.3. The number of rotatable bonds is 12. The number of methoxy groups -OCH3 is 1. The summed E-state index contributed by atoms with van der Waals surface area (Å²) in [6.45, 7) is 3.99. The predicted octanol–water partition coefficient (Wildman–Crippen LogP) is 6.09. The van der Waals surface area contributed by atoms with Crippen LogP contribution in [0, 0.1) is 12.8 Å². The maximum Gasteiger partial charge on any atom is 0.328 e. The Morgan fingerprint density at radius 2 is 1.86 bits per heavy atom. The van der Waals surface area contributed by atoms with Crippen molar-refractivity contribution >= 4 is 23.6 Å². The molecule has 0 bridgehead atoms. The number of amides is 1. The van der Waals surface area contributed by atoms with Crippen LogP contribution in [0.15, 0.2) is 42.5 Å². The number of carbonyl (C=O) groups is 2. The summed E-state index contributed by atoms with van der Waals surface area (Å²) in [7, 11) is 3.54. The summed E-state index contributed by atoms with van der Waals surface area (Å²) in [6.07, 6.45) is 10.7. The molecule has 0 heterocycles. The Morgan fingerprint density at radius 3 is 2.56 bits per heavy atom. The molecule has 1 amide bonds. The fraction of sp³-hybridized carbons (Fsp3) is 0.533. The molecule has 1 aliphatic carbocycles. The molecule has 2 aromatic rings. The van der Waals surface area contributed by atoms with Gasteiger partial charge in [0.2, 0.25) is 0 Å². The van der Waals surface area contributed by atoms with Gasteiger partial charge in [0.15, 0.2) is 0 Å². The van der Waals surface area contributed by atoms with E-state index in [1.54, 1.807) is 11.8 Å². The van der Waals surface area contributed by atoms with E-state index in [9.17, 15) is 9.59 Å². The Balaban J connectivity index is 1.81. The number of aryl methyl sites for hydroxylation is 1. The molecule has 36 heavy (non-hydrogen) atoms. The minimum absolute atomic E-state index is 0.248. The Morgan fingerprint density at radius 1 is 1.11 bits per heavy atom. The highest BCUT2D eigenvalue weighted by molar-refractivity contribution is 7.98. The number of hydrogen-bond acceptors (Lipinski definition) is 5. The van der Waals surface area contributed by atoms with Gasteiger partial charge in [-0.05, 0) is 85.7 Å². The average molecular weight is 511 g/mol. The molecule has 196 valence electrons. The van der Waals surface area contributed by atoms with E-state index in [-0.39, 0.29) is 5.91 Å². The molecule has 1 aliphatic rings. The van der Waals surface area contributed by atoms with Crippen molar-refractivity contribution < 1.29 is 14.3 Å². The Hall–Kier alpha value is -2.31. The molecule has 5 nitrogen and oxygen atoms in total. The van der Waals surface area contributed by atoms with Gasteiger partial charge < -0.3 is 15.0 Å². The standard InChI is InChI=1S/C30H42N2O3S/c1-22-10-8-9-13-25(22)27-20-24(21-32(2)18-16-23-11-6-5-7-12-23)14-15-26(27)29(33)31-28(17-19-36-4)30(34)35-3/h8-10,13-15,20,23,28H,5-7,11-12,16-19,21H2,1-4H3,(H,31,33)/t28-/m0/s1. The van der Waals surface area contributed by atoms with Crippen LogP contribution in [0.3, 0.4) is 0 Å². The number of ether oxygens (including phenoxy) is 1. The number of benzene rings is 2. The van der Waals surface area contributed by atoms with Gasteiger partial charge in [-0.2, -0.15) is 11.8 Å². The first-order valence-corrected chi connectivity index (χ1v) is 14.6. The van der Waals surface area contributed by atoms with E-state index in [4.69, 9.17) is 4.74 Å². The quantitative estimate of drug-likeness (QED) is 0.350. The van der Waals surface area contributed by atoms with E-state index in [0.717, 1.165) is 41.5 Å². The lowest BCUT2D eigenvalue weighted by atomic mass is 9.87. The lowest BCUT2D eigenvalue weighted by Crippen LogP contribution is -2.42. The highest BCUT2D eigenvalue weighted by atomic mass is 32.2. The predicted molar refractivity (Wildman–Crippen MR) is 150 cm³/mol. The van der Waals surface area contributed by atoms with Crippen LogP contribution in [-0.2, 0) is 16.1 Å². The molecule has 0 spiro atoms. The van der Waals surface area contributed by atoms with Crippen LogP contribution in [0.5, 0.6) is 0 Å². The molecule has 2 aromatic carbocycles. The zero-order chi connectivity index (χ0) is 25.9. The van der Waals surface area contributed by atoms with Crippen molar-refractivity contribution in [3.05, 3.63) is 59.2 Å². The van der Waals surface area contributed by atoms with Crippen LogP contribution in [0.2, 0.25) is 0 Å². The van der Waals surface area contributed by atoms with Gasteiger partial charge in [0.1, 0.15) is 6.04 Å². The van der Waals surface area contributed by atoms with E-state index in [1.807, 2.05) is 30.5 Å². The summed E-state index contributed by atoms with van der Waals surface area (Å²) >= 11 is 1.64. The van der Waals surface area contributed by atoms with Gasteiger partial charge in [0.05, 0.1) is 7.11 Å². The van der Waals surface area contributed by atoms with Crippen molar-refractivity contribution in [1.29, 1.82) is 0 Å². The lowest BCUT2D eigenvalue weighted by Gasteiger charge is -2.25. The number of hydrogen-bond donors (Lipinski definition) is 1. The normalized spacial score (nSPS) is 15.0.